The molecule has 1 amide bonds. The van der Waals surface area contributed by atoms with Gasteiger partial charge in [0.2, 0.25) is 0 Å². The minimum Gasteiger partial charge on any atom is -0.481 e. The molecule has 1 heterocycles. The zero-order valence-corrected chi connectivity index (χ0v) is 14.1. The Labute approximate surface area is 147 Å². The van der Waals surface area contributed by atoms with Crippen LogP contribution < -0.4 is 5.32 Å². The highest BCUT2D eigenvalue weighted by molar-refractivity contribution is 7.13. The average Bonchev–Trinajstić information content (AvgIpc) is 3.07. The van der Waals surface area contributed by atoms with Crippen LogP contribution in [0.3, 0.4) is 0 Å². The lowest BCUT2D eigenvalue weighted by Gasteiger charge is -2.02. The quantitative estimate of drug-likeness (QED) is 0.401. The highest BCUT2D eigenvalue weighted by atomic mass is 32.1. The van der Waals surface area contributed by atoms with E-state index in [1.165, 1.54) is 23.5 Å². The average molecular weight is 363 g/mol. The van der Waals surface area contributed by atoms with Gasteiger partial charge in [0.25, 0.3) is 11.6 Å². The fourth-order valence-electron chi connectivity index (χ4n) is 2.11. The lowest BCUT2D eigenvalue weighted by molar-refractivity contribution is -0.384. The van der Waals surface area contributed by atoms with Crippen LogP contribution in [0.5, 0.6) is 0 Å². The number of aliphatic carboxylic acids is 1. The second-order valence-electron chi connectivity index (χ2n) is 5.30. The smallest absolute Gasteiger partial charge is 0.303 e. The van der Waals surface area contributed by atoms with E-state index in [0.717, 1.165) is 6.42 Å². The second kappa shape index (κ2) is 8.88. The summed E-state index contributed by atoms with van der Waals surface area (Å²) in [6, 6.07) is 5.99. The van der Waals surface area contributed by atoms with Crippen LogP contribution in [-0.4, -0.2) is 33.4 Å². The minimum absolute atomic E-state index is 0.00108. The summed E-state index contributed by atoms with van der Waals surface area (Å²) in [5.41, 5.74) is 1.01. The number of carbonyl (C=O) groups is 2. The number of carbonyl (C=O) groups excluding carboxylic acids is 1. The normalized spacial score (nSPS) is 10.4. The third-order valence-corrected chi connectivity index (χ3v) is 4.31. The van der Waals surface area contributed by atoms with Crippen molar-refractivity contribution in [3.63, 3.8) is 0 Å². The zero-order chi connectivity index (χ0) is 18.2. The molecule has 2 aromatic rings. The minimum atomic E-state index is -0.815. The maximum absolute atomic E-state index is 12.0. The molecule has 9 heteroatoms. The molecule has 0 aliphatic heterocycles. The van der Waals surface area contributed by atoms with E-state index in [2.05, 4.69) is 10.3 Å². The summed E-state index contributed by atoms with van der Waals surface area (Å²) in [5.74, 6) is -1.10. The first-order valence-corrected chi connectivity index (χ1v) is 8.55. The standard InChI is InChI=1S/C16H17N3O5S/c20-14(21)4-2-1-3-9-17-15(22)13-10-25-16(18-13)11-5-7-12(8-6-11)19(23)24/h5-8,10H,1-4,9H2,(H,17,22)(H,20,21). The third-order valence-electron chi connectivity index (χ3n) is 3.41. The Kier molecular flexibility index (Phi) is 6.58. The molecule has 0 bridgehead atoms. The molecule has 0 saturated carbocycles. The Morgan fingerprint density at radius 1 is 1.20 bits per heavy atom. The van der Waals surface area contributed by atoms with Gasteiger partial charge in [0.05, 0.1) is 4.92 Å². The van der Waals surface area contributed by atoms with Gasteiger partial charge < -0.3 is 10.4 Å². The molecule has 8 nitrogen and oxygen atoms in total. The van der Waals surface area contributed by atoms with Gasteiger partial charge in [-0.1, -0.05) is 6.42 Å². The van der Waals surface area contributed by atoms with Crippen LogP contribution in [0.2, 0.25) is 0 Å². The van der Waals surface area contributed by atoms with Crippen LogP contribution in [-0.2, 0) is 4.79 Å². The van der Waals surface area contributed by atoms with Gasteiger partial charge in [-0.25, -0.2) is 4.98 Å². The number of aromatic nitrogens is 1. The van der Waals surface area contributed by atoms with Gasteiger partial charge in [-0.15, -0.1) is 11.3 Å². The SMILES string of the molecule is O=C(O)CCCCCNC(=O)c1csc(-c2ccc([N+](=O)[O-])cc2)n1. The Morgan fingerprint density at radius 3 is 2.56 bits per heavy atom. The molecule has 25 heavy (non-hydrogen) atoms. The molecule has 1 aromatic carbocycles. The van der Waals surface area contributed by atoms with Gasteiger partial charge in [0, 0.05) is 36.0 Å². The zero-order valence-electron chi connectivity index (χ0n) is 13.3. The number of carboxylic acids is 1. The van der Waals surface area contributed by atoms with E-state index in [1.54, 1.807) is 17.5 Å². The van der Waals surface area contributed by atoms with E-state index in [9.17, 15) is 19.7 Å². The Bertz CT molecular complexity index is 757. The molecule has 0 saturated heterocycles. The summed E-state index contributed by atoms with van der Waals surface area (Å²) in [4.78, 5) is 36.8. The van der Waals surface area contributed by atoms with Gasteiger partial charge in [-0.05, 0) is 25.0 Å². The Balaban J connectivity index is 1.84. The number of nitro groups is 1. The van der Waals surface area contributed by atoms with Crippen molar-refractivity contribution in [1.82, 2.24) is 10.3 Å². The summed E-state index contributed by atoms with van der Waals surface area (Å²) in [5, 5.41) is 24.2. The van der Waals surface area contributed by atoms with Gasteiger partial charge in [0.15, 0.2) is 0 Å². The fraction of sp³-hybridized carbons (Fsp3) is 0.312. The molecule has 0 radical (unpaired) electrons. The monoisotopic (exact) mass is 363 g/mol. The number of unbranched alkanes of at least 4 members (excludes halogenated alkanes) is 2. The van der Waals surface area contributed by atoms with Gasteiger partial charge in [-0.2, -0.15) is 0 Å². The highest BCUT2D eigenvalue weighted by Gasteiger charge is 2.12. The van der Waals surface area contributed by atoms with Crippen molar-refractivity contribution in [1.29, 1.82) is 0 Å². The molecule has 0 unspecified atom stereocenters. The first-order valence-electron chi connectivity index (χ1n) is 7.67. The van der Waals surface area contributed by atoms with E-state index < -0.39 is 10.9 Å². The summed E-state index contributed by atoms with van der Waals surface area (Å²) in [6.07, 6.45) is 2.17. The van der Waals surface area contributed by atoms with Crippen LogP contribution >= 0.6 is 11.3 Å². The number of non-ortho nitro benzene ring substituents is 1. The fourth-order valence-corrected chi connectivity index (χ4v) is 2.91. The molecule has 0 spiro atoms. The predicted molar refractivity (Wildman–Crippen MR) is 92.6 cm³/mol. The number of carboxylic acid groups (broad SMARTS) is 1. The molecule has 132 valence electrons. The lowest BCUT2D eigenvalue weighted by Crippen LogP contribution is -2.24. The molecular formula is C16H17N3O5S. The third kappa shape index (κ3) is 5.64. The second-order valence-corrected chi connectivity index (χ2v) is 6.16. The van der Waals surface area contributed by atoms with Crippen molar-refractivity contribution in [2.45, 2.75) is 25.7 Å². The number of nitrogens with one attached hydrogen (secondary N) is 1. The van der Waals surface area contributed by atoms with Gasteiger partial charge in [0.1, 0.15) is 10.7 Å². The summed E-state index contributed by atoms with van der Waals surface area (Å²) in [6.45, 7) is 0.461. The van der Waals surface area contributed by atoms with Crippen molar-refractivity contribution in [3.05, 3.63) is 45.5 Å². The van der Waals surface area contributed by atoms with E-state index in [-0.39, 0.29) is 18.0 Å². The van der Waals surface area contributed by atoms with Crippen molar-refractivity contribution < 1.29 is 19.6 Å². The molecule has 2 N–H and O–H groups in total. The first kappa shape index (κ1) is 18.5. The number of benzene rings is 1. The van der Waals surface area contributed by atoms with Crippen LogP contribution in [0.4, 0.5) is 5.69 Å². The van der Waals surface area contributed by atoms with Crippen molar-refractivity contribution >= 4 is 28.9 Å². The number of hydrogen-bond donors (Lipinski definition) is 2. The van der Waals surface area contributed by atoms with Crippen LogP contribution in [0.15, 0.2) is 29.6 Å². The maximum Gasteiger partial charge on any atom is 0.303 e. The van der Waals surface area contributed by atoms with E-state index in [0.29, 0.717) is 35.7 Å². The maximum atomic E-state index is 12.0. The molecule has 0 atom stereocenters. The highest BCUT2D eigenvalue weighted by Crippen LogP contribution is 2.25. The van der Waals surface area contributed by atoms with Crippen molar-refractivity contribution in [3.8, 4) is 10.6 Å². The first-order chi connectivity index (χ1) is 12.0. The topological polar surface area (TPSA) is 122 Å². The molecule has 0 fully saturated rings. The van der Waals surface area contributed by atoms with E-state index >= 15 is 0 Å². The predicted octanol–water partition coefficient (Wildman–Crippen LogP) is 3.09. The van der Waals surface area contributed by atoms with Crippen molar-refractivity contribution in [2.75, 3.05) is 6.54 Å². The largest absolute Gasteiger partial charge is 0.481 e. The lowest BCUT2D eigenvalue weighted by atomic mass is 10.2. The Hall–Kier alpha value is -2.81. The summed E-state index contributed by atoms with van der Waals surface area (Å²) in [7, 11) is 0. The summed E-state index contributed by atoms with van der Waals surface area (Å²) >= 11 is 1.29. The molecule has 0 aliphatic rings. The number of amides is 1. The molecule has 1 aromatic heterocycles. The van der Waals surface area contributed by atoms with Crippen LogP contribution in [0, 0.1) is 10.1 Å². The molecule has 2 rings (SSSR count). The summed E-state index contributed by atoms with van der Waals surface area (Å²) < 4.78 is 0. The van der Waals surface area contributed by atoms with Crippen LogP contribution in [0.25, 0.3) is 10.6 Å². The number of nitrogens with zero attached hydrogens (tertiary/aromatic N) is 2. The van der Waals surface area contributed by atoms with Gasteiger partial charge in [-0.3, -0.25) is 19.7 Å². The number of rotatable bonds is 9. The van der Waals surface area contributed by atoms with Crippen LogP contribution in [0.1, 0.15) is 36.2 Å². The van der Waals surface area contributed by atoms with Gasteiger partial charge >= 0.3 is 5.97 Å². The Morgan fingerprint density at radius 2 is 1.92 bits per heavy atom. The molecule has 0 aliphatic carbocycles. The number of nitro benzene ring substituents is 1. The molecular weight excluding hydrogens is 346 g/mol. The van der Waals surface area contributed by atoms with Crippen molar-refractivity contribution in [2.24, 2.45) is 0 Å². The van der Waals surface area contributed by atoms with E-state index in [4.69, 9.17) is 5.11 Å². The van der Waals surface area contributed by atoms with E-state index in [1.807, 2.05) is 0 Å². The number of hydrogen-bond acceptors (Lipinski definition) is 6. The number of thiazole rings is 1.